The van der Waals surface area contributed by atoms with Gasteiger partial charge in [-0.25, -0.2) is 0 Å². The molecule has 1 aliphatic heterocycles. The molecule has 1 aliphatic carbocycles. The van der Waals surface area contributed by atoms with Crippen LogP contribution in [0.1, 0.15) is 12.5 Å². The Balaban J connectivity index is 2.05. The molecule has 2 heteroatoms. The van der Waals surface area contributed by atoms with Gasteiger partial charge in [0.15, 0.2) is 0 Å². The number of benzene rings is 1. The van der Waals surface area contributed by atoms with Gasteiger partial charge >= 0.3 is 114 Å². The monoisotopic (exact) mass is 341 g/mol. The van der Waals surface area contributed by atoms with Crippen molar-refractivity contribution in [2.45, 2.75) is 23.9 Å². The minimum atomic E-state index is -0.103. The van der Waals surface area contributed by atoms with Crippen molar-refractivity contribution in [1.29, 1.82) is 0 Å². The summed E-state index contributed by atoms with van der Waals surface area (Å²) in [6.07, 6.45) is 7.13. The quantitative estimate of drug-likeness (QED) is 0.657. The van der Waals surface area contributed by atoms with E-state index in [1.165, 1.54) is 16.8 Å². The van der Waals surface area contributed by atoms with Gasteiger partial charge in [0.25, 0.3) is 0 Å². The zero-order chi connectivity index (χ0) is 12.0. The van der Waals surface area contributed by atoms with Crippen LogP contribution in [-0.2, 0) is 0 Å². The van der Waals surface area contributed by atoms with Crippen LogP contribution in [0.5, 0.6) is 0 Å². The average Bonchev–Trinajstić information content (AvgIpc) is 2.28. The van der Waals surface area contributed by atoms with Gasteiger partial charge in [0, 0.05) is 0 Å². The molecule has 0 bridgehead atoms. The first-order valence-electron chi connectivity index (χ1n) is 6.02. The Kier molecular flexibility index (Phi) is 2.81. The Morgan fingerprint density at radius 1 is 1.24 bits per heavy atom. The molecule has 0 aromatic heterocycles. The summed E-state index contributed by atoms with van der Waals surface area (Å²) in [4.78, 5) is 2.45. The average molecular weight is 339 g/mol. The molecule has 0 saturated carbocycles. The molecule has 0 fully saturated rings. The van der Waals surface area contributed by atoms with Crippen molar-refractivity contribution in [2.75, 3.05) is 11.9 Å². The molecule has 0 radical (unpaired) electrons. The Morgan fingerprint density at radius 3 is 2.88 bits per heavy atom. The third-order valence-corrected chi connectivity index (χ3v) is 7.14. The number of aryl methyl sites for hydroxylation is 1. The molecule has 88 valence electrons. The predicted molar refractivity (Wildman–Crippen MR) is 75.4 cm³/mol. The van der Waals surface area contributed by atoms with Gasteiger partial charge < -0.3 is 0 Å². The van der Waals surface area contributed by atoms with Crippen molar-refractivity contribution in [3.63, 3.8) is 0 Å². The standard InChI is InChI=1S/C15H17NTe/c1-10-4-6-12-14(8-10)17-15-9-11(2)5-7-13(15)16(12)3/h4-9,12,14H,1-3H3. The number of allylic oxidation sites excluding steroid dienone is 2. The van der Waals surface area contributed by atoms with Crippen LogP contribution < -0.4 is 8.51 Å². The summed E-state index contributed by atoms with van der Waals surface area (Å²) in [6.45, 7) is 4.41. The van der Waals surface area contributed by atoms with Gasteiger partial charge in [-0.3, -0.25) is 0 Å². The normalized spacial score (nSPS) is 26.3. The summed E-state index contributed by atoms with van der Waals surface area (Å²) < 4.78 is 2.39. The summed E-state index contributed by atoms with van der Waals surface area (Å²) in [5, 5.41) is 0. The molecule has 2 unspecified atom stereocenters. The zero-order valence-electron chi connectivity index (χ0n) is 10.5. The van der Waals surface area contributed by atoms with Gasteiger partial charge in [-0.05, 0) is 0 Å². The summed E-state index contributed by atoms with van der Waals surface area (Å²) >= 11 is -0.103. The van der Waals surface area contributed by atoms with Crippen LogP contribution in [0.2, 0.25) is 3.97 Å². The van der Waals surface area contributed by atoms with E-state index in [4.69, 9.17) is 0 Å². The van der Waals surface area contributed by atoms with E-state index in [2.05, 4.69) is 62.2 Å². The Morgan fingerprint density at radius 2 is 2.06 bits per heavy atom. The second-order valence-corrected chi connectivity index (χ2v) is 8.41. The molecule has 0 N–H and O–H groups in total. The van der Waals surface area contributed by atoms with Crippen molar-refractivity contribution >= 4 is 30.2 Å². The molecule has 1 nitrogen and oxygen atoms in total. The Bertz CT molecular complexity index is 516. The number of rotatable bonds is 0. The first-order valence-corrected chi connectivity index (χ1v) is 8.53. The number of hydrogen-bond acceptors (Lipinski definition) is 1. The number of likely N-dealkylation sites (N-methyl/N-ethyl adjacent to an activating group) is 1. The molecule has 1 heterocycles. The third-order valence-electron chi connectivity index (χ3n) is 3.53. The van der Waals surface area contributed by atoms with E-state index in [9.17, 15) is 0 Å². The van der Waals surface area contributed by atoms with E-state index < -0.39 is 0 Å². The molecule has 1 aromatic rings. The van der Waals surface area contributed by atoms with Crippen LogP contribution in [0.25, 0.3) is 0 Å². The van der Waals surface area contributed by atoms with Crippen molar-refractivity contribution in [3.8, 4) is 0 Å². The van der Waals surface area contributed by atoms with E-state index in [-0.39, 0.29) is 20.9 Å². The van der Waals surface area contributed by atoms with Crippen LogP contribution >= 0.6 is 0 Å². The van der Waals surface area contributed by atoms with Crippen LogP contribution in [-0.4, -0.2) is 34.0 Å². The fourth-order valence-electron chi connectivity index (χ4n) is 2.54. The molecule has 3 rings (SSSR count). The number of nitrogens with zero attached hydrogens (tertiary/aromatic N) is 1. The van der Waals surface area contributed by atoms with Crippen molar-refractivity contribution < 1.29 is 0 Å². The maximum atomic E-state index is 2.48. The molecule has 0 saturated heterocycles. The van der Waals surface area contributed by atoms with Crippen LogP contribution in [0.4, 0.5) is 5.69 Å². The third kappa shape index (κ3) is 1.94. The van der Waals surface area contributed by atoms with Crippen LogP contribution in [0.15, 0.2) is 42.0 Å². The number of hydrogen-bond donors (Lipinski definition) is 0. The molecule has 2 aliphatic rings. The fraction of sp³-hybridized carbons (Fsp3) is 0.333. The first-order chi connectivity index (χ1) is 8.15. The fourth-order valence-corrected chi connectivity index (χ4v) is 7.04. The minimum absolute atomic E-state index is 0.103. The van der Waals surface area contributed by atoms with E-state index in [0.29, 0.717) is 6.04 Å². The molecule has 2 atom stereocenters. The van der Waals surface area contributed by atoms with Gasteiger partial charge in [0.05, 0.1) is 0 Å². The van der Waals surface area contributed by atoms with E-state index in [1.807, 2.05) is 0 Å². The van der Waals surface area contributed by atoms with Crippen molar-refractivity contribution in [2.24, 2.45) is 0 Å². The molecular formula is C15H17NTe. The number of anilines is 1. The van der Waals surface area contributed by atoms with Crippen molar-refractivity contribution in [3.05, 3.63) is 47.6 Å². The van der Waals surface area contributed by atoms with Crippen LogP contribution in [0.3, 0.4) is 0 Å². The molecule has 1 aromatic carbocycles. The van der Waals surface area contributed by atoms with E-state index in [0.717, 1.165) is 3.97 Å². The van der Waals surface area contributed by atoms with Gasteiger partial charge in [0.2, 0.25) is 0 Å². The predicted octanol–water partition coefficient (Wildman–Crippen LogP) is 2.45. The first kappa shape index (κ1) is 11.4. The number of fused-ring (bicyclic) bond motifs is 2. The van der Waals surface area contributed by atoms with Gasteiger partial charge in [-0.2, -0.15) is 0 Å². The molecule has 0 spiro atoms. The molecular weight excluding hydrogens is 322 g/mol. The summed E-state index contributed by atoms with van der Waals surface area (Å²) in [5.74, 6) is 0. The van der Waals surface area contributed by atoms with Gasteiger partial charge in [0.1, 0.15) is 0 Å². The maximum absolute atomic E-state index is 2.48. The second-order valence-electron chi connectivity index (χ2n) is 4.92. The Labute approximate surface area is 113 Å². The van der Waals surface area contributed by atoms with E-state index >= 15 is 0 Å². The van der Waals surface area contributed by atoms with Gasteiger partial charge in [-0.1, -0.05) is 0 Å². The summed E-state index contributed by atoms with van der Waals surface area (Å²) in [6, 6.07) is 7.52. The van der Waals surface area contributed by atoms with Crippen molar-refractivity contribution in [1.82, 2.24) is 0 Å². The zero-order valence-corrected chi connectivity index (χ0v) is 12.8. The SMILES string of the molecule is CC1=CC2[Te]c3cc(C)ccc3N(C)C2C=C1. The van der Waals surface area contributed by atoms with Gasteiger partial charge in [-0.15, -0.1) is 0 Å². The second kappa shape index (κ2) is 4.19. The van der Waals surface area contributed by atoms with Crippen LogP contribution in [0, 0.1) is 6.92 Å². The summed E-state index contributed by atoms with van der Waals surface area (Å²) in [5.41, 5.74) is 4.28. The topological polar surface area (TPSA) is 3.24 Å². The summed E-state index contributed by atoms with van der Waals surface area (Å²) in [7, 11) is 2.23. The van der Waals surface area contributed by atoms with E-state index in [1.54, 1.807) is 3.61 Å². The molecule has 0 amide bonds. The Hall–Kier alpha value is -0.710. The molecule has 17 heavy (non-hydrogen) atoms.